The summed E-state index contributed by atoms with van der Waals surface area (Å²) in [6, 6.07) is 0.266. The molecule has 0 aliphatic heterocycles. The molecule has 0 N–H and O–H groups in total. The van der Waals surface area contributed by atoms with E-state index >= 15 is 0 Å². The zero-order valence-electron chi connectivity index (χ0n) is 7.51. The molecule has 0 aliphatic rings. The average molecular weight is 166 g/mol. The van der Waals surface area contributed by atoms with Gasteiger partial charge in [0.05, 0.1) is 6.04 Å². The monoisotopic (exact) mass is 166 g/mol. The van der Waals surface area contributed by atoms with Crippen LogP contribution in [0.4, 0.5) is 0 Å². The molecule has 0 spiro atoms. The lowest BCUT2D eigenvalue weighted by molar-refractivity contribution is 0.434. The van der Waals surface area contributed by atoms with Crippen molar-refractivity contribution in [3.8, 4) is 0 Å². The molecule has 1 aromatic heterocycles. The Labute approximate surface area is 72.3 Å². The van der Waals surface area contributed by atoms with Gasteiger partial charge in [0.15, 0.2) is 6.33 Å². The van der Waals surface area contributed by atoms with Gasteiger partial charge in [-0.25, -0.2) is 0 Å². The minimum Gasteiger partial charge on any atom is -0.157 e. The van der Waals surface area contributed by atoms with Crippen LogP contribution in [0.15, 0.2) is 18.5 Å². The van der Waals surface area contributed by atoms with E-state index < -0.39 is 0 Å². The molecule has 66 valence electrons. The summed E-state index contributed by atoms with van der Waals surface area (Å²) in [5.74, 6) is 0. The van der Waals surface area contributed by atoms with Crippen LogP contribution in [-0.2, 0) is 0 Å². The van der Waals surface area contributed by atoms with Crippen molar-refractivity contribution in [1.82, 2.24) is 20.2 Å². The first-order valence-electron chi connectivity index (χ1n) is 4.23. The van der Waals surface area contributed by atoms with Gasteiger partial charge in [-0.05, 0) is 18.6 Å². The van der Waals surface area contributed by atoms with Crippen LogP contribution in [0.3, 0.4) is 0 Å². The minimum atomic E-state index is 0.266. The third-order valence-corrected chi connectivity index (χ3v) is 1.66. The van der Waals surface area contributed by atoms with Crippen molar-refractivity contribution < 1.29 is 0 Å². The van der Waals surface area contributed by atoms with Crippen LogP contribution in [0.1, 0.15) is 32.7 Å². The number of hydrogen-bond donors (Lipinski definition) is 0. The van der Waals surface area contributed by atoms with Crippen molar-refractivity contribution >= 4 is 0 Å². The maximum absolute atomic E-state index is 4.00. The summed E-state index contributed by atoms with van der Waals surface area (Å²) in [5, 5.41) is 11.5. The van der Waals surface area contributed by atoms with Gasteiger partial charge in [-0.1, -0.05) is 25.5 Å². The zero-order valence-corrected chi connectivity index (χ0v) is 7.51. The van der Waals surface area contributed by atoms with Crippen molar-refractivity contribution in [1.29, 1.82) is 0 Å². The number of allylic oxidation sites excluding steroid dienone is 2. The van der Waals surface area contributed by atoms with Gasteiger partial charge in [-0.2, -0.15) is 4.80 Å². The van der Waals surface area contributed by atoms with E-state index in [0.717, 1.165) is 12.8 Å². The predicted molar refractivity (Wildman–Crippen MR) is 46.6 cm³/mol. The summed E-state index contributed by atoms with van der Waals surface area (Å²) in [4.78, 5) is 1.64. The molecule has 1 aromatic rings. The molecule has 1 atom stereocenters. The predicted octanol–water partition coefficient (Wildman–Crippen LogP) is 1.59. The summed E-state index contributed by atoms with van der Waals surface area (Å²) in [7, 11) is 0. The third kappa shape index (κ3) is 2.15. The molecule has 0 saturated heterocycles. The minimum absolute atomic E-state index is 0.266. The first kappa shape index (κ1) is 8.90. The van der Waals surface area contributed by atoms with Gasteiger partial charge in [0.25, 0.3) is 0 Å². The van der Waals surface area contributed by atoms with E-state index in [-0.39, 0.29) is 6.04 Å². The Balaban J connectivity index is 2.66. The lowest BCUT2D eigenvalue weighted by Crippen LogP contribution is -2.09. The van der Waals surface area contributed by atoms with Crippen LogP contribution < -0.4 is 0 Å². The molecule has 1 unspecified atom stereocenters. The van der Waals surface area contributed by atoms with E-state index in [1.54, 1.807) is 4.80 Å². The van der Waals surface area contributed by atoms with Gasteiger partial charge < -0.3 is 0 Å². The Hall–Kier alpha value is -1.19. The third-order valence-electron chi connectivity index (χ3n) is 1.66. The van der Waals surface area contributed by atoms with Gasteiger partial charge in [0, 0.05) is 0 Å². The maximum atomic E-state index is 4.00. The van der Waals surface area contributed by atoms with Gasteiger partial charge >= 0.3 is 0 Å². The van der Waals surface area contributed by atoms with Crippen LogP contribution in [0.5, 0.6) is 0 Å². The second-order valence-corrected chi connectivity index (χ2v) is 2.64. The van der Waals surface area contributed by atoms with Crippen molar-refractivity contribution in [2.24, 2.45) is 0 Å². The zero-order chi connectivity index (χ0) is 8.81. The molecule has 1 rings (SSSR count). The summed E-state index contributed by atoms with van der Waals surface area (Å²) in [6.45, 7) is 4.15. The van der Waals surface area contributed by atoms with E-state index in [1.807, 2.05) is 13.0 Å². The Kier molecular flexibility index (Phi) is 3.44. The van der Waals surface area contributed by atoms with E-state index in [1.165, 1.54) is 6.33 Å². The van der Waals surface area contributed by atoms with E-state index in [2.05, 4.69) is 28.4 Å². The fraction of sp³-hybridized carbons (Fsp3) is 0.625. The molecular weight excluding hydrogens is 152 g/mol. The lowest BCUT2D eigenvalue weighted by Gasteiger charge is -2.08. The summed E-state index contributed by atoms with van der Waals surface area (Å²) < 4.78 is 0. The first-order valence-corrected chi connectivity index (χ1v) is 4.23. The Morgan fingerprint density at radius 1 is 1.58 bits per heavy atom. The molecule has 1 heterocycles. The largest absolute Gasteiger partial charge is 0.162 e. The summed E-state index contributed by atoms with van der Waals surface area (Å²) >= 11 is 0. The van der Waals surface area contributed by atoms with Crippen LogP contribution in [-0.4, -0.2) is 20.2 Å². The fourth-order valence-electron chi connectivity index (χ4n) is 1.13. The SMILES string of the molecule is CC=CC(CCC)n1ncnn1. The molecule has 12 heavy (non-hydrogen) atoms. The van der Waals surface area contributed by atoms with Crippen LogP contribution in [0.2, 0.25) is 0 Å². The van der Waals surface area contributed by atoms with E-state index in [0.29, 0.717) is 0 Å². The highest BCUT2D eigenvalue weighted by atomic mass is 15.6. The van der Waals surface area contributed by atoms with Crippen molar-refractivity contribution in [3.05, 3.63) is 18.5 Å². The van der Waals surface area contributed by atoms with Gasteiger partial charge in [0.2, 0.25) is 0 Å². The molecule has 0 aliphatic carbocycles. The second-order valence-electron chi connectivity index (χ2n) is 2.64. The van der Waals surface area contributed by atoms with Gasteiger partial charge in [-0.3, -0.25) is 0 Å². The molecule has 4 nitrogen and oxygen atoms in total. The highest BCUT2D eigenvalue weighted by molar-refractivity contribution is 4.87. The molecular formula is C8H14N4. The van der Waals surface area contributed by atoms with Crippen LogP contribution >= 0.6 is 0 Å². The molecule has 0 fully saturated rings. The highest BCUT2D eigenvalue weighted by Gasteiger charge is 2.06. The molecule has 0 aromatic carbocycles. The Morgan fingerprint density at radius 2 is 2.42 bits per heavy atom. The number of nitrogens with zero attached hydrogens (tertiary/aromatic N) is 4. The number of aromatic nitrogens is 4. The highest BCUT2D eigenvalue weighted by Crippen LogP contribution is 2.11. The molecule has 4 heteroatoms. The first-order chi connectivity index (χ1) is 5.88. The van der Waals surface area contributed by atoms with E-state index in [4.69, 9.17) is 0 Å². The van der Waals surface area contributed by atoms with Crippen LogP contribution in [0.25, 0.3) is 0 Å². The molecule has 0 radical (unpaired) electrons. The normalized spacial score (nSPS) is 13.8. The molecule has 0 bridgehead atoms. The van der Waals surface area contributed by atoms with E-state index in [9.17, 15) is 0 Å². The average Bonchev–Trinajstić information content (AvgIpc) is 2.56. The molecule has 0 saturated carbocycles. The van der Waals surface area contributed by atoms with Gasteiger partial charge in [0.1, 0.15) is 0 Å². The Bertz CT molecular complexity index is 227. The molecule has 0 amide bonds. The number of tetrazole rings is 1. The van der Waals surface area contributed by atoms with Crippen LogP contribution in [0, 0.1) is 0 Å². The quantitative estimate of drug-likeness (QED) is 0.638. The topological polar surface area (TPSA) is 43.6 Å². The van der Waals surface area contributed by atoms with Crippen molar-refractivity contribution in [2.75, 3.05) is 0 Å². The second kappa shape index (κ2) is 4.64. The lowest BCUT2D eigenvalue weighted by atomic mass is 10.1. The fourth-order valence-corrected chi connectivity index (χ4v) is 1.13. The maximum Gasteiger partial charge on any atom is 0.162 e. The Morgan fingerprint density at radius 3 is 2.92 bits per heavy atom. The summed E-state index contributed by atoms with van der Waals surface area (Å²) in [6.07, 6.45) is 7.75. The number of hydrogen-bond acceptors (Lipinski definition) is 3. The smallest absolute Gasteiger partial charge is 0.157 e. The number of rotatable bonds is 4. The van der Waals surface area contributed by atoms with Crippen molar-refractivity contribution in [2.45, 2.75) is 32.7 Å². The summed E-state index contributed by atoms with van der Waals surface area (Å²) in [5.41, 5.74) is 0. The standard InChI is InChI=1S/C8H14N4/c1-3-5-8(6-4-2)12-10-7-9-11-12/h3,5,7-8H,4,6H2,1-2H3. The van der Waals surface area contributed by atoms with Gasteiger partial charge in [-0.15, -0.1) is 10.2 Å². The van der Waals surface area contributed by atoms with Crippen molar-refractivity contribution in [3.63, 3.8) is 0 Å².